The van der Waals surface area contributed by atoms with Crippen LogP contribution in [0.1, 0.15) is 18.7 Å². The average molecular weight is 244 g/mol. The molecular weight excluding hydrogens is 224 g/mol. The molecule has 0 radical (unpaired) electrons. The number of aromatic nitrogens is 2. The maximum Gasteiger partial charge on any atom is 0.121 e. The van der Waals surface area contributed by atoms with Gasteiger partial charge in [0.15, 0.2) is 0 Å². The maximum atomic E-state index is 5.77. The van der Waals surface area contributed by atoms with Crippen LogP contribution < -0.4 is 5.73 Å². The summed E-state index contributed by atoms with van der Waals surface area (Å²) in [7, 11) is 0. The molecule has 0 bridgehead atoms. The van der Waals surface area contributed by atoms with Gasteiger partial charge in [-0.05, 0) is 44.0 Å². The minimum atomic E-state index is 0.656. The molecule has 0 aliphatic carbocycles. The predicted octanol–water partition coefficient (Wildman–Crippen LogP) is 1.73. The molecule has 4 nitrogen and oxygen atoms in total. The van der Waals surface area contributed by atoms with Crippen molar-refractivity contribution in [3.05, 3.63) is 30.1 Å². The van der Waals surface area contributed by atoms with Crippen LogP contribution in [0.5, 0.6) is 0 Å². The molecule has 1 fully saturated rings. The molecule has 1 aliphatic rings. The zero-order valence-corrected chi connectivity index (χ0v) is 10.6. The first-order valence-electron chi connectivity index (χ1n) is 6.71. The Morgan fingerprint density at radius 2 is 2.28 bits per heavy atom. The quantitative estimate of drug-likeness (QED) is 0.864. The summed E-state index contributed by atoms with van der Waals surface area (Å²) in [4.78, 5) is 10.5. The van der Waals surface area contributed by atoms with Crippen molar-refractivity contribution in [1.82, 2.24) is 14.9 Å². The molecule has 1 unspecified atom stereocenters. The molecule has 96 valence electrons. The Labute approximate surface area is 107 Å². The van der Waals surface area contributed by atoms with E-state index in [0.717, 1.165) is 43.0 Å². The molecule has 1 atom stereocenters. The smallest absolute Gasteiger partial charge is 0.121 e. The van der Waals surface area contributed by atoms with Gasteiger partial charge in [0, 0.05) is 6.54 Å². The van der Waals surface area contributed by atoms with Crippen molar-refractivity contribution in [3.63, 3.8) is 0 Å². The van der Waals surface area contributed by atoms with Crippen molar-refractivity contribution in [1.29, 1.82) is 0 Å². The lowest BCUT2D eigenvalue weighted by molar-refractivity contribution is 0.168. The summed E-state index contributed by atoms with van der Waals surface area (Å²) in [5.74, 6) is 1.72. The monoisotopic (exact) mass is 244 g/mol. The van der Waals surface area contributed by atoms with E-state index in [1.165, 1.54) is 12.8 Å². The molecule has 3 rings (SSSR count). The molecule has 0 saturated carbocycles. The summed E-state index contributed by atoms with van der Waals surface area (Å²) >= 11 is 0. The number of fused-ring (bicyclic) bond motifs is 1. The lowest BCUT2D eigenvalue weighted by Crippen LogP contribution is -2.38. The SMILES string of the molecule is NCC1CCCN(Cc2nc3ccccc3[nH]2)C1. The normalized spacial score (nSPS) is 21.5. The van der Waals surface area contributed by atoms with Crippen LogP contribution in [0.3, 0.4) is 0 Å². The highest BCUT2D eigenvalue weighted by atomic mass is 15.2. The number of likely N-dealkylation sites (tertiary alicyclic amines) is 1. The summed E-state index contributed by atoms with van der Waals surface area (Å²) in [6.45, 7) is 3.98. The Hall–Kier alpha value is -1.39. The molecule has 4 heteroatoms. The molecule has 18 heavy (non-hydrogen) atoms. The van der Waals surface area contributed by atoms with Crippen molar-refractivity contribution in [2.75, 3.05) is 19.6 Å². The van der Waals surface area contributed by atoms with Gasteiger partial charge in [-0.15, -0.1) is 0 Å². The number of nitrogens with zero attached hydrogens (tertiary/aromatic N) is 2. The van der Waals surface area contributed by atoms with Crippen LogP contribution in [-0.4, -0.2) is 34.5 Å². The number of hydrogen-bond donors (Lipinski definition) is 2. The van der Waals surface area contributed by atoms with Crippen molar-refractivity contribution in [2.45, 2.75) is 19.4 Å². The second kappa shape index (κ2) is 5.08. The number of benzene rings is 1. The van der Waals surface area contributed by atoms with Crippen molar-refractivity contribution in [2.24, 2.45) is 11.7 Å². The maximum absolute atomic E-state index is 5.77. The number of hydrogen-bond acceptors (Lipinski definition) is 3. The lowest BCUT2D eigenvalue weighted by Gasteiger charge is -2.31. The van der Waals surface area contributed by atoms with Crippen molar-refractivity contribution < 1.29 is 0 Å². The summed E-state index contributed by atoms with van der Waals surface area (Å²) in [6.07, 6.45) is 2.52. The van der Waals surface area contributed by atoms with E-state index >= 15 is 0 Å². The highest BCUT2D eigenvalue weighted by molar-refractivity contribution is 5.74. The van der Waals surface area contributed by atoms with Crippen LogP contribution in [-0.2, 0) is 6.54 Å². The first kappa shape index (κ1) is 11.7. The number of para-hydroxylation sites is 2. The van der Waals surface area contributed by atoms with Gasteiger partial charge in [0.25, 0.3) is 0 Å². The molecule has 2 heterocycles. The van der Waals surface area contributed by atoms with Crippen molar-refractivity contribution >= 4 is 11.0 Å². The van der Waals surface area contributed by atoms with Crippen LogP contribution in [0.4, 0.5) is 0 Å². The zero-order valence-electron chi connectivity index (χ0n) is 10.6. The predicted molar refractivity (Wildman–Crippen MR) is 73.1 cm³/mol. The first-order valence-corrected chi connectivity index (χ1v) is 6.71. The van der Waals surface area contributed by atoms with Gasteiger partial charge in [0.1, 0.15) is 5.82 Å². The molecule has 1 aliphatic heterocycles. The fourth-order valence-electron chi connectivity index (χ4n) is 2.78. The topological polar surface area (TPSA) is 57.9 Å². The van der Waals surface area contributed by atoms with Crippen LogP contribution in [0.2, 0.25) is 0 Å². The Bertz CT molecular complexity index is 486. The number of imidazole rings is 1. The largest absolute Gasteiger partial charge is 0.341 e. The Morgan fingerprint density at radius 1 is 1.39 bits per heavy atom. The lowest BCUT2D eigenvalue weighted by atomic mass is 9.98. The van der Waals surface area contributed by atoms with Gasteiger partial charge in [-0.2, -0.15) is 0 Å². The first-order chi connectivity index (χ1) is 8.85. The van der Waals surface area contributed by atoms with Gasteiger partial charge in [0.2, 0.25) is 0 Å². The van der Waals surface area contributed by atoms with E-state index < -0.39 is 0 Å². The van der Waals surface area contributed by atoms with E-state index in [4.69, 9.17) is 5.73 Å². The summed E-state index contributed by atoms with van der Waals surface area (Å²) < 4.78 is 0. The van der Waals surface area contributed by atoms with Gasteiger partial charge in [-0.3, -0.25) is 4.90 Å². The molecule has 1 aromatic heterocycles. The molecule has 1 aromatic carbocycles. The second-order valence-corrected chi connectivity index (χ2v) is 5.18. The third-order valence-electron chi connectivity index (χ3n) is 3.75. The molecule has 0 spiro atoms. The van der Waals surface area contributed by atoms with E-state index in [9.17, 15) is 0 Å². The molecular formula is C14H20N4. The Balaban J connectivity index is 1.71. The molecule has 2 aromatic rings. The molecule has 3 N–H and O–H groups in total. The van der Waals surface area contributed by atoms with E-state index in [1.807, 2.05) is 18.2 Å². The van der Waals surface area contributed by atoms with Gasteiger partial charge >= 0.3 is 0 Å². The van der Waals surface area contributed by atoms with Crippen LogP contribution >= 0.6 is 0 Å². The third kappa shape index (κ3) is 2.40. The van der Waals surface area contributed by atoms with Gasteiger partial charge in [-0.1, -0.05) is 12.1 Å². The van der Waals surface area contributed by atoms with Gasteiger partial charge in [0.05, 0.1) is 17.6 Å². The summed E-state index contributed by atoms with van der Waals surface area (Å²) in [5.41, 5.74) is 7.95. The Kier molecular flexibility index (Phi) is 3.30. The Morgan fingerprint density at radius 3 is 3.11 bits per heavy atom. The second-order valence-electron chi connectivity index (χ2n) is 5.18. The van der Waals surface area contributed by atoms with E-state index in [-0.39, 0.29) is 0 Å². The van der Waals surface area contributed by atoms with E-state index in [2.05, 4.69) is 20.9 Å². The molecule has 1 saturated heterocycles. The fourth-order valence-corrected chi connectivity index (χ4v) is 2.78. The minimum absolute atomic E-state index is 0.656. The number of nitrogens with two attached hydrogens (primary N) is 1. The number of piperidine rings is 1. The van der Waals surface area contributed by atoms with Gasteiger partial charge in [-0.25, -0.2) is 4.98 Å². The summed E-state index contributed by atoms with van der Waals surface area (Å²) in [5, 5.41) is 0. The van der Waals surface area contributed by atoms with Gasteiger partial charge < -0.3 is 10.7 Å². The number of aromatic amines is 1. The van der Waals surface area contributed by atoms with Crippen molar-refractivity contribution in [3.8, 4) is 0 Å². The highest BCUT2D eigenvalue weighted by Gasteiger charge is 2.19. The van der Waals surface area contributed by atoms with Crippen LogP contribution in [0.25, 0.3) is 11.0 Å². The fraction of sp³-hybridized carbons (Fsp3) is 0.500. The number of H-pyrrole nitrogens is 1. The minimum Gasteiger partial charge on any atom is -0.341 e. The standard InChI is InChI=1S/C14H20N4/c15-8-11-4-3-7-18(9-11)10-14-16-12-5-1-2-6-13(12)17-14/h1-2,5-6,11H,3-4,7-10,15H2,(H,16,17). The third-order valence-corrected chi connectivity index (χ3v) is 3.75. The zero-order chi connectivity index (χ0) is 12.4. The van der Waals surface area contributed by atoms with Crippen LogP contribution in [0.15, 0.2) is 24.3 Å². The van der Waals surface area contributed by atoms with E-state index in [0.29, 0.717) is 5.92 Å². The van der Waals surface area contributed by atoms with E-state index in [1.54, 1.807) is 0 Å². The number of rotatable bonds is 3. The number of nitrogens with one attached hydrogen (secondary N) is 1. The summed E-state index contributed by atoms with van der Waals surface area (Å²) in [6, 6.07) is 8.19. The average Bonchev–Trinajstić information content (AvgIpc) is 2.81. The van der Waals surface area contributed by atoms with Crippen LogP contribution in [0, 0.1) is 5.92 Å². The molecule has 0 amide bonds. The highest BCUT2D eigenvalue weighted by Crippen LogP contribution is 2.18.